The quantitative estimate of drug-likeness (QED) is 0.819. The molecule has 1 aromatic carbocycles. The fraction of sp³-hybridized carbons (Fsp3) is 0.526. The van der Waals surface area contributed by atoms with Gasteiger partial charge >= 0.3 is 0 Å². The summed E-state index contributed by atoms with van der Waals surface area (Å²) in [6.45, 7) is 9.67. The minimum Gasteiger partial charge on any atom is -0.495 e. The number of benzene rings is 1. The average Bonchev–Trinajstić information content (AvgIpc) is 2.94. The predicted octanol–water partition coefficient (Wildman–Crippen LogP) is 3.99. The lowest BCUT2D eigenvalue weighted by atomic mass is 10.2. The number of hydrogen-bond donors (Lipinski definition) is 0. The third kappa shape index (κ3) is 4.08. The Morgan fingerprint density at radius 2 is 2.00 bits per heavy atom. The summed E-state index contributed by atoms with van der Waals surface area (Å²) in [6, 6.07) is 8.31. The van der Waals surface area contributed by atoms with Crippen molar-refractivity contribution < 1.29 is 4.74 Å². The molecule has 0 saturated carbocycles. The van der Waals surface area contributed by atoms with E-state index < -0.39 is 0 Å². The number of rotatable bonds is 5. The lowest BCUT2D eigenvalue weighted by Crippen LogP contribution is -2.30. The number of para-hydroxylation sites is 2. The molecule has 3 rings (SSSR count). The first kappa shape index (κ1) is 17.2. The summed E-state index contributed by atoms with van der Waals surface area (Å²) in [5.74, 6) is 1.49. The van der Waals surface area contributed by atoms with Gasteiger partial charge < -0.3 is 9.64 Å². The third-order valence-corrected chi connectivity index (χ3v) is 5.66. The molecule has 130 valence electrons. The van der Waals surface area contributed by atoms with Gasteiger partial charge in [0.05, 0.1) is 23.5 Å². The van der Waals surface area contributed by atoms with Crippen molar-refractivity contribution in [3.05, 3.63) is 40.3 Å². The van der Waals surface area contributed by atoms with Crippen LogP contribution in [0.1, 0.15) is 36.9 Å². The Bertz CT molecular complexity index is 656. The van der Waals surface area contributed by atoms with Gasteiger partial charge in [-0.3, -0.25) is 4.90 Å². The summed E-state index contributed by atoms with van der Waals surface area (Å²) in [7, 11) is 1.75. The Morgan fingerprint density at radius 3 is 2.75 bits per heavy atom. The second-order valence-electron chi connectivity index (χ2n) is 6.62. The zero-order valence-corrected chi connectivity index (χ0v) is 15.7. The Hall–Kier alpha value is -1.59. The largest absolute Gasteiger partial charge is 0.495 e. The van der Waals surface area contributed by atoms with Gasteiger partial charge in [-0.1, -0.05) is 26.0 Å². The molecule has 2 heterocycles. The van der Waals surface area contributed by atoms with E-state index in [9.17, 15) is 0 Å². The molecule has 0 amide bonds. The topological polar surface area (TPSA) is 28.6 Å². The molecule has 4 nitrogen and oxygen atoms in total. The van der Waals surface area contributed by atoms with E-state index in [2.05, 4.69) is 41.2 Å². The van der Waals surface area contributed by atoms with E-state index in [1.54, 1.807) is 18.4 Å². The number of anilines is 1. The van der Waals surface area contributed by atoms with E-state index in [4.69, 9.17) is 9.72 Å². The molecule has 0 bridgehead atoms. The van der Waals surface area contributed by atoms with Crippen LogP contribution in [0.2, 0.25) is 0 Å². The summed E-state index contributed by atoms with van der Waals surface area (Å²) < 4.78 is 5.52. The lowest BCUT2D eigenvalue weighted by molar-refractivity contribution is 0.282. The number of aromatic nitrogens is 1. The van der Waals surface area contributed by atoms with Crippen LogP contribution in [-0.4, -0.2) is 43.2 Å². The molecule has 24 heavy (non-hydrogen) atoms. The Morgan fingerprint density at radius 1 is 1.17 bits per heavy atom. The number of ether oxygens (including phenoxy) is 1. The maximum Gasteiger partial charge on any atom is 0.142 e. The van der Waals surface area contributed by atoms with Gasteiger partial charge in [0.1, 0.15) is 5.75 Å². The maximum atomic E-state index is 5.52. The van der Waals surface area contributed by atoms with Gasteiger partial charge in [-0.05, 0) is 18.6 Å². The van der Waals surface area contributed by atoms with E-state index in [1.165, 1.54) is 22.8 Å². The summed E-state index contributed by atoms with van der Waals surface area (Å²) in [5.41, 5.74) is 2.42. The van der Waals surface area contributed by atoms with E-state index >= 15 is 0 Å². The zero-order valence-electron chi connectivity index (χ0n) is 14.9. The van der Waals surface area contributed by atoms with E-state index in [-0.39, 0.29) is 0 Å². The number of methoxy groups -OCH3 is 1. The molecular weight excluding hydrogens is 318 g/mol. The van der Waals surface area contributed by atoms with Crippen molar-refractivity contribution in [2.24, 2.45) is 0 Å². The smallest absolute Gasteiger partial charge is 0.142 e. The highest BCUT2D eigenvalue weighted by Gasteiger charge is 2.18. The van der Waals surface area contributed by atoms with Crippen LogP contribution in [0.3, 0.4) is 0 Å². The summed E-state index contributed by atoms with van der Waals surface area (Å²) in [6.07, 6.45) is 1.17. The first-order valence-electron chi connectivity index (χ1n) is 8.72. The summed E-state index contributed by atoms with van der Waals surface area (Å²) in [4.78, 5) is 9.75. The van der Waals surface area contributed by atoms with Crippen LogP contribution >= 0.6 is 11.3 Å². The van der Waals surface area contributed by atoms with Crippen molar-refractivity contribution in [2.45, 2.75) is 32.7 Å². The van der Waals surface area contributed by atoms with E-state index in [1.807, 2.05) is 12.1 Å². The highest BCUT2D eigenvalue weighted by atomic mass is 32.1. The molecule has 0 atom stereocenters. The first-order chi connectivity index (χ1) is 11.7. The van der Waals surface area contributed by atoms with Gasteiger partial charge in [0.15, 0.2) is 0 Å². The van der Waals surface area contributed by atoms with Crippen molar-refractivity contribution in [2.75, 3.05) is 38.2 Å². The molecule has 0 spiro atoms. The first-order valence-corrected chi connectivity index (χ1v) is 9.60. The van der Waals surface area contributed by atoms with Crippen molar-refractivity contribution in [1.29, 1.82) is 0 Å². The van der Waals surface area contributed by atoms with Gasteiger partial charge in [0, 0.05) is 44.0 Å². The number of thiazole rings is 1. The average molecular weight is 346 g/mol. The molecule has 0 aliphatic carbocycles. The standard InChI is InChI=1S/C19H27N3OS/c1-15(2)19-20-16(14-24-19)13-21-9-6-10-22(12-11-21)17-7-4-5-8-18(17)23-3/h4-5,7-8,14-15H,6,9-13H2,1-3H3. The van der Waals surface area contributed by atoms with Crippen molar-refractivity contribution in [3.63, 3.8) is 0 Å². The molecule has 5 heteroatoms. The Labute approximate surface area is 149 Å². The second-order valence-corrected chi connectivity index (χ2v) is 7.51. The van der Waals surface area contributed by atoms with E-state index in [0.717, 1.165) is 38.5 Å². The van der Waals surface area contributed by atoms with Crippen LogP contribution in [0.5, 0.6) is 5.75 Å². The minimum absolute atomic E-state index is 0.522. The molecule has 0 unspecified atom stereocenters. The Balaban J connectivity index is 1.62. The van der Waals surface area contributed by atoms with Gasteiger partial charge in [-0.2, -0.15) is 0 Å². The minimum atomic E-state index is 0.522. The second kappa shape index (κ2) is 7.99. The normalized spacial score (nSPS) is 16.4. The van der Waals surface area contributed by atoms with E-state index in [0.29, 0.717) is 5.92 Å². The molecule has 1 saturated heterocycles. The van der Waals surface area contributed by atoms with Gasteiger partial charge in [0.2, 0.25) is 0 Å². The third-order valence-electron chi connectivity index (χ3n) is 4.46. The molecule has 0 radical (unpaired) electrons. The van der Waals surface area contributed by atoms with Crippen LogP contribution < -0.4 is 9.64 Å². The molecule has 0 N–H and O–H groups in total. The van der Waals surface area contributed by atoms with Crippen LogP contribution in [0, 0.1) is 0 Å². The van der Waals surface area contributed by atoms with Gasteiger partial charge in [-0.15, -0.1) is 11.3 Å². The predicted molar refractivity (Wildman–Crippen MR) is 101 cm³/mol. The van der Waals surface area contributed by atoms with Crippen LogP contribution in [-0.2, 0) is 6.54 Å². The maximum absolute atomic E-state index is 5.52. The number of hydrogen-bond acceptors (Lipinski definition) is 5. The molecule has 1 aliphatic heterocycles. The molecule has 1 aromatic heterocycles. The fourth-order valence-corrected chi connectivity index (χ4v) is 3.98. The molecule has 2 aromatic rings. The monoisotopic (exact) mass is 345 g/mol. The molecule has 1 fully saturated rings. The van der Waals surface area contributed by atoms with Crippen LogP contribution in [0.15, 0.2) is 29.6 Å². The van der Waals surface area contributed by atoms with Crippen molar-refractivity contribution >= 4 is 17.0 Å². The summed E-state index contributed by atoms with van der Waals surface area (Å²) in [5, 5.41) is 3.47. The van der Waals surface area contributed by atoms with Crippen molar-refractivity contribution in [1.82, 2.24) is 9.88 Å². The highest BCUT2D eigenvalue weighted by Crippen LogP contribution is 2.28. The molecular formula is C19H27N3OS. The van der Waals surface area contributed by atoms with Crippen LogP contribution in [0.25, 0.3) is 0 Å². The lowest BCUT2D eigenvalue weighted by Gasteiger charge is -2.25. The fourth-order valence-electron chi connectivity index (χ4n) is 3.15. The number of nitrogens with zero attached hydrogens (tertiary/aromatic N) is 3. The highest BCUT2D eigenvalue weighted by molar-refractivity contribution is 7.09. The summed E-state index contributed by atoms with van der Waals surface area (Å²) >= 11 is 1.79. The zero-order chi connectivity index (χ0) is 16.9. The van der Waals surface area contributed by atoms with Gasteiger partial charge in [0.25, 0.3) is 0 Å². The Kier molecular flexibility index (Phi) is 5.74. The van der Waals surface area contributed by atoms with Gasteiger partial charge in [-0.25, -0.2) is 4.98 Å². The van der Waals surface area contributed by atoms with Crippen LogP contribution in [0.4, 0.5) is 5.69 Å². The SMILES string of the molecule is COc1ccccc1N1CCCN(Cc2csc(C(C)C)n2)CC1. The molecule has 1 aliphatic rings. The van der Waals surface area contributed by atoms with Crippen molar-refractivity contribution in [3.8, 4) is 5.75 Å².